The van der Waals surface area contributed by atoms with Crippen LogP contribution in [0.4, 0.5) is 0 Å². The minimum absolute atomic E-state index is 0. The standard InChI is InChI=1S/C15H25N3O2S2.HI/c1-15(2,13-5-4-7-21-13)11-18-14(16-3)17-9-12-6-8-22(19,20)10-12;/h4-5,7,12H,6,8-11H2,1-3H3,(H2,16,17,18);1H. The van der Waals surface area contributed by atoms with Crippen LogP contribution in [0, 0.1) is 5.92 Å². The lowest BCUT2D eigenvalue weighted by Crippen LogP contribution is -2.44. The van der Waals surface area contributed by atoms with Gasteiger partial charge in [-0.1, -0.05) is 19.9 Å². The van der Waals surface area contributed by atoms with E-state index < -0.39 is 9.84 Å². The molecule has 2 rings (SSSR count). The summed E-state index contributed by atoms with van der Waals surface area (Å²) in [6.07, 6.45) is 0.743. The average molecular weight is 471 g/mol. The predicted molar refractivity (Wildman–Crippen MR) is 109 cm³/mol. The van der Waals surface area contributed by atoms with Gasteiger partial charge in [0.15, 0.2) is 15.8 Å². The molecule has 132 valence electrons. The Hall–Kier alpha value is -0.350. The molecule has 0 radical (unpaired) electrons. The molecule has 5 nitrogen and oxygen atoms in total. The minimum atomic E-state index is -2.81. The van der Waals surface area contributed by atoms with Gasteiger partial charge in [0.2, 0.25) is 0 Å². The average Bonchev–Trinajstić information content (AvgIpc) is 3.09. The fraction of sp³-hybridized carbons (Fsp3) is 0.667. The van der Waals surface area contributed by atoms with E-state index in [1.165, 1.54) is 4.88 Å². The summed E-state index contributed by atoms with van der Waals surface area (Å²) in [7, 11) is -1.08. The number of rotatable bonds is 5. The zero-order valence-corrected chi connectivity index (χ0v) is 17.8. The van der Waals surface area contributed by atoms with Gasteiger partial charge in [0.1, 0.15) is 0 Å². The maximum atomic E-state index is 11.5. The van der Waals surface area contributed by atoms with E-state index in [-0.39, 0.29) is 41.1 Å². The molecule has 1 unspecified atom stereocenters. The summed E-state index contributed by atoms with van der Waals surface area (Å²) in [5.74, 6) is 1.52. The third-order valence-corrected chi connectivity index (χ3v) is 7.07. The van der Waals surface area contributed by atoms with Gasteiger partial charge in [0.05, 0.1) is 11.5 Å². The molecule has 8 heteroatoms. The number of halogens is 1. The summed E-state index contributed by atoms with van der Waals surface area (Å²) in [6, 6.07) is 4.21. The Morgan fingerprint density at radius 3 is 2.70 bits per heavy atom. The predicted octanol–water partition coefficient (Wildman–Crippen LogP) is 2.24. The molecule has 0 amide bonds. The molecule has 1 aromatic heterocycles. The van der Waals surface area contributed by atoms with E-state index in [2.05, 4.69) is 47.0 Å². The fourth-order valence-corrected chi connectivity index (χ4v) is 5.26. The van der Waals surface area contributed by atoms with Crippen LogP contribution in [-0.4, -0.2) is 46.0 Å². The van der Waals surface area contributed by atoms with Gasteiger partial charge < -0.3 is 10.6 Å². The fourth-order valence-electron chi connectivity index (χ4n) is 2.55. The Morgan fingerprint density at radius 1 is 1.43 bits per heavy atom. The number of hydrogen-bond acceptors (Lipinski definition) is 4. The minimum Gasteiger partial charge on any atom is -0.356 e. The highest BCUT2D eigenvalue weighted by molar-refractivity contribution is 14.0. The maximum Gasteiger partial charge on any atom is 0.191 e. The van der Waals surface area contributed by atoms with Crippen LogP contribution in [0.25, 0.3) is 0 Å². The molecule has 1 aromatic rings. The molecule has 2 heterocycles. The van der Waals surface area contributed by atoms with Gasteiger partial charge in [0.25, 0.3) is 0 Å². The molecule has 2 N–H and O–H groups in total. The van der Waals surface area contributed by atoms with Crippen molar-refractivity contribution >= 4 is 51.1 Å². The van der Waals surface area contributed by atoms with Crippen molar-refractivity contribution in [3.8, 4) is 0 Å². The van der Waals surface area contributed by atoms with Gasteiger partial charge in [-0.05, 0) is 23.8 Å². The van der Waals surface area contributed by atoms with Gasteiger partial charge >= 0.3 is 0 Å². The number of guanidine groups is 1. The van der Waals surface area contributed by atoms with Crippen LogP contribution in [0.5, 0.6) is 0 Å². The van der Waals surface area contributed by atoms with E-state index in [0.717, 1.165) is 18.9 Å². The Bertz CT molecular complexity index is 613. The molecule has 0 aromatic carbocycles. The summed E-state index contributed by atoms with van der Waals surface area (Å²) in [6.45, 7) is 5.82. The number of sulfone groups is 1. The van der Waals surface area contributed by atoms with Crippen molar-refractivity contribution in [3.05, 3.63) is 22.4 Å². The van der Waals surface area contributed by atoms with Crippen LogP contribution in [0.15, 0.2) is 22.5 Å². The van der Waals surface area contributed by atoms with Crippen molar-refractivity contribution in [3.63, 3.8) is 0 Å². The molecule has 1 aliphatic heterocycles. The van der Waals surface area contributed by atoms with Crippen LogP contribution >= 0.6 is 35.3 Å². The van der Waals surface area contributed by atoms with Crippen molar-refractivity contribution in [2.45, 2.75) is 25.7 Å². The van der Waals surface area contributed by atoms with Crippen LogP contribution in [0.1, 0.15) is 25.1 Å². The summed E-state index contributed by atoms with van der Waals surface area (Å²) in [5, 5.41) is 8.67. The van der Waals surface area contributed by atoms with Crippen molar-refractivity contribution in [2.24, 2.45) is 10.9 Å². The summed E-state index contributed by atoms with van der Waals surface area (Å²) >= 11 is 1.76. The lowest BCUT2D eigenvalue weighted by atomic mass is 9.91. The third kappa shape index (κ3) is 6.22. The monoisotopic (exact) mass is 471 g/mol. The van der Waals surface area contributed by atoms with Crippen molar-refractivity contribution in [1.29, 1.82) is 0 Å². The van der Waals surface area contributed by atoms with Crippen LogP contribution in [0.3, 0.4) is 0 Å². The van der Waals surface area contributed by atoms with Crippen molar-refractivity contribution in [1.82, 2.24) is 10.6 Å². The van der Waals surface area contributed by atoms with Crippen molar-refractivity contribution in [2.75, 3.05) is 31.6 Å². The number of hydrogen-bond donors (Lipinski definition) is 2. The van der Waals surface area contributed by atoms with Crippen LogP contribution in [0.2, 0.25) is 0 Å². The molecule has 0 bridgehead atoms. The molecule has 0 aliphatic carbocycles. The molecule has 23 heavy (non-hydrogen) atoms. The van der Waals surface area contributed by atoms with E-state index in [1.807, 2.05) is 0 Å². The molecule has 1 fully saturated rings. The Kier molecular flexibility index (Phi) is 7.79. The van der Waals surface area contributed by atoms with Gasteiger partial charge in [0, 0.05) is 30.4 Å². The second-order valence-electron chi connectivity index (χ2n) is 6.44. The molecule has 1 saturated heterocycles. The zero-order chi connectivity index (χ0) is 16.2. The van der Waals surface area contributed by atoms with Crippen LogP contribution in [-0.2, 0) is 15.3 Å². The number of thiophene rings is 1. The first-order chi connectivity index (χ1) is 10.3. The normalized spacial score (nSPS) is 20.8. The molecule has 0 spiro atoms. The Balaban J connectivity index is 0.00000264. The van der Waals surface area contributed by atoms with E-state index in [1.54, 1.807) is 18.4 Å². The molecule has 1 aliphatic rings. The van der Waals surface area contributed by atoms with Crippen LogP contribution < -0.4 is 10.6 Å². The van der Waals surface area contributed by atoms with E-state index in [4.69, 9.17) is 0 Å². The van der Waals surface area contributed by atoms with Gasteiger partial charge in [-0.2, -0.15) is 0 Å². The first-order valence-electron chi connectivity index (χ1n) is 7.51. The quantitative estimate of drug-likeness (QED) is 0.393. The largest absolute Gasteiger partial charge is 0.356 e. The van der Waals surface area contributed by atoms with E-state index >= 15 is 0 Å². The molecular weight excluding hydrogens is 445 g/mol. The number of aliphatic imine (C=N–C) groups is 1. The highest BCUT2D eigenvalue weighted by Crippen LogP contribution is 2.26. The number of nitrogens with one attached hydrogen (secondary N) is 2. The van der Waals surface area contributed by atoms with Gasteiger partial charge in [-0.25, -0.2) is 8.42 Å². The topological polar surface area (TPSA) is 70.6 Å². The Morgan fingerprint density at radius 2 is 2.17 bits per heavy atom. The maximum absolute atomic E-state index is 11.5. The molecule has 1 atom stereocenters. The molecular formula is C15H26IN3O2S2. The molecule has 0 saturated carbocycles. The van der Waals surface area contributed by atoms with Gasteiger partial charge in [-0.3, -0.25) is 4.99 Å². The highest BCUT2D eigenvalue weighted by atomic mass is 127. The second-order valence-corrected chi connectivity index (χ2v) is 9.61. The highest BCUT2D eigenvalue weighted by Gasteiger charge is 2.28. The van der Waals surface area contributed by atoms with Gasteiger partial charge in [-0.15, -0.1) is 35.3 Å². The third-order valence-electron chi connectivity index (χ3n) is 3.99. The number of nitrogens with zero attached hydrogens (tertiary/aromatic N) is 1. The second kappa shape index (κ2) is 8.66. The zero-order valence-electron chi connectivity index (χ0n) is 13.8. The first kappa shape index (κ1) is 20.7. The summed E-state index contributed by atoms with van der Waals surface area (Å²) < 4.78 is 22.9. The lowest BCUT2D eigenvalue weighted by molar-refractivity contribution is 0.512. The SMILES string of the molecule is CN=C(NCC1CCS(=O)(=O)C1)NCC(C)(C)c1cccs1.I. The van der Waals surface area contributed by atoms with E-state index in [0.29, 0.717) is 12.3 Å². The van der Waals surface area contributed by atoms with E-state index in [9.17, 15) is 8.42 Å². The lowest BCUT2D eigenvalue weighted by Gasteiger charge is -2.25. The summed E-state index contributed by atoms with van der Waals surface area (Å²) in [5.41, 5.74) is 0.0302. The first-order valence-corrected chi connectivity index (χ1v) is 10.2. The van der Waals surface area contributed by atoms with Crippen molar-refractivity contribution < 1.29 is 8.42 Å². The smallest absolute Gasteiger partial charge is 0.191 e. The Labute approximate surface area is 160 Å². The summed E-state index contributed by atoms with van der Waals surface area (Å²) in [4.78, 5) is 5.55.